The average Bonchev–Trinajstić information content (AvgIpc) is 2.60. The second-order valence-electron chi connectivity index (χ2n) is 4.96. The topological polar surface area (TPSA) is 78.7 Å². The number of rotatable bonds is 4. The van der Waals surface area contributed by atoms with Crippen LogP contribution in [0, 0.1) is 5.41 Å². The van der Waals surface area contributed by atoms with Gasteiger partial charge in [0.25, 0.3) is 5.91 Å². The van der Waals surface area contributed by atoms with Crippen LogP contribution in [0.4, 0.5) is 5.69 Å². The van der Waals surface area contributed by atoms with E-state index >= 15 is 0 Å². The molecule has 1 aromatic carbocycles. The molecule has 0 aliphatic carbocycles. The fourth-order valence-electron chi connectivity index (χ4n) is 2.24. The van der Waals surface area contributed by atoms with E-state index in [1.165, 1.54) is 0 Å². The van der Waals surface area contributed by atoms with E-state index in [0.717, 1.165) is 11.6 Å². The zero-order valence-electron chi connectivity index (χ0n) is 12.5. The van der Waals surface area contributed by atoms with Crippen LogP contribution in [0.2, 0.25) is 0 Å². The summed E-state index contributed by atoms with van der Waals surface area (Å²) in [4.78, 5) is 21.0. The Hall–Kier alpha value is -2.86. The van der Waals surface area contributed by atoms with Gasteiger partial charge in [0, 0.05) is 17.8 Å². The molecule has 2 heterocycles. The molecule has 0 unspecified atom stereocenters. The second-order valence-corrected chi connectivity index (χ2v) is 5.78. The normalized spacial score (nSPS) is 11.3. The molecule has 24 heavy (non-hydrogen) atoms. The lowest BCUT2D eigenvalue weighted by Gasteiger charge is -2.08. The van der Waals surface area contributed by atoms with Crippen LogP contribution in [0.15, 0.2) is 64.9 Å². The fourth-order valence-corrected chi connectivity index (χ4v) is 2.59. The predicted octanol–water partition coefficient (Wildman–Crippen LogP) is 4.06. The Labute approximate surface area is 147 Å². The van der Waals surface area contributed by atoms with Gasteiger partial charge in [0.2, 0.25) is 0 Å². The number of benzene rings is 1. The molecule has 0 saturated carbocycles. The summed E-state index contributed by atoms with van der Waals surface area (Å²) >= 11 is 3.29. The summed E-state index contributed by atoms with van der Waals surface area (Å²) in [5.74, 6) is -0.384. The van der Waals surface area contributed by atoms with E-state index in [2.05, 4.69) is 31.2 Å². The Morgan fingerprint density at radius 2 is 1.92 bits per heavy atom. The van der Waals surface area contributed by atoms with Crippen LogP contribution in [-0.4, -0.2) is 22.1 Å². The summed E-state index contributed by atoms with van der Waals surface area (Å²) in [5.41, 5.74) is 2.11. The van der Waals surface area contributed by atoms with E-state index in [-0.39, 0.29) is 11.5 Å². The quantitative estimate of drug-likeness (QED) is 0.406. The standard InChI is InChI=1S/C18H13BrN4O/c19-16-8-2-6-14(22-16)10-13(11-20)18(24)23-15-7-1-4-12-5-3-9-21-17(12)15/h1-11,20H,(H,23,24)/b13-10+,20-11?. The Morgan fingerprint density at radius 3 is 2.71 bits per heavy atom. The molecule has 0 aliphatic rings. The number of para-hydroxylation sites is 1. The summed E-state index contributed by atoms with van der Waals surface area (Å²) in [6.45, 7) is 0. The van der Waals surface area contributed by atoms with Crippen molar-refractivity contribution in [1.29, 1.82) is 5.41 Å². The van der Waals surface area contributed by atoms with Gasteiger partial charge in [0.15, 0.2) is 0 Å². The molecule has 6 heteroatoms. The number of amides is 1. The zero-order valence-corrected chi connectivity index (χ0v) is 14.1. The van der Waals surface area contributed by atoms with Crippen LogP contribution < -0.4 is 5.32 Å². The number of hydrogen-bond donors (Lipinski definition) is 2. The monoisotopic (exact) mass is 380 g/mol. The van der Waals surface area contributed by atoms with Crippen LogP contribution in [0.5, 0.6) is 0 Å². The van der Waals surface area contributed by atoms with Crippen molar-refractivity contribution < 1.29 is 4.79 Å². The van der Waals surface area contributed by atoms with E-state index in [4.69, 9.17) is 5.41 Å². The first-order chi connectivity index (χ1) is 11.7. The van der Waals surface area contributed by atoms with Gasteiger partial charge in [-0.3, -0.25) is 9.78 Å². The number of carbonyl (C=O) groups is 1. The Balaban J connectivity index is 1.91. The first kappa shape index (κ1) is 16.0. The summed E-state index contributed by atoms with van der Waals surface area (Å²) in [7, 11) is 0. The molecule has 3 aromatic rings. The van der Waals surface area contributed by atoms with E-state index in [1.807, 2.05) is 30.3 Å². The van der Waals surface area contributed by atoms with Crippen LogP contribution >= 0.6 is 15.9 Å². The lowest BCUT2D eigenvalue weighted by Crippen LogP contribution is -2.15. The second kappa shape index (κ2) is 7.14. The largest absolute Gasteiger partial charge is 0.320 e. The number of pyridine rings is 2. The van der Waals surface area contributed by atoms with Crippen molar-refractivity contribution in [3.05, 3.63) is 70.6 Å². The molecule has 0 saturated heterocycles. The number of anilines is 1. The minimum atomic E-state index is -0.384. The van der Waals surface area contributed by atoms with Crippen molar-refractivity contribution in [3.8, 4) is 0 Å². The van der Waals surface area contributed by atoms with Gasteiger partial charge in [-0.25, -0.2) is 4.98 Å². The molecule has 3 rings (SSSR count). The van der Waals surface area contributed by atoms with Gasteiger partial charge in [0.1, 0.15) is 4.60 Å². The van der Waals surface area contributed by atoms with Crippen LogP contribution in [0.3, 0.4) is 0 Å². The summed E-state index contributed by atoms with van der Waals surface area (Å²) in [6.07, 6.45) is 4.25. The van der Waals surface area contributed by atoms with Gasteiger partial charge in [-0.15, -0.1) is 0 Å². The maximum Gasteiger partial charge on any atom is 0.257 e. The van der Waals surface area contributed by atoms with Crippen molar-refractivity contribution in [2.24, 2.45) is 0 Å². The molecule has 0 aliphatic heterocycles. The number of carbonyl (C=O) groups excluding carboxylic acids is 1. The SMILES string of the molecule is N=C/C(=C\c1cccc(Br)n1)C(=O)Nc1cccc2cccnc12. The Kier molecular flexibility index (Phi) is 4.77. The number of fused-ring (bicyclic) bond motifs is 1. The molecule has 1 amide bonds. The maximum atomic E-state index is 12.5. The molecular weight excluding hydrogens is 368 g/mol. The average molecular weight is 381 g/mol. The van der Waals surface area contributed by atoms with E-state index in [0.29, 0.717) is 21.5 Å². The van der Waals surface area contributed by atoms with Crippen molar-refractivity contribution in [1.82, 2.24) is 9.97 Å². The molecule has 0 fully saturated rings. The minimum Gasteiger partial charge on any atom is -0.320 e. The van der Waals surface area contributed by atoms with Gasteiger partial charge < -0.3 is 10.7 Å². The van der Waals surface area contributed by atoms with E-state index in [9.17, 15) is 4.79 Å². The molecule has 5 nitrogen and oxygen atoms in total. The predicted molar refractivity (Wildman–Crippen MR) is 99.1 cm³/mol. The number of hydrogen-bond acceptors (Lipinski definition) is 4. The zero-order chi connectivity index (χ0) is 16.9. The van der Waals surface area contributed by atoms with Gasteiger partial charge in [-0.2, -0.15) is 0 Å². The summed E-state index contributed by atoms with van der Waals surface area (Å²) in [5, 5.41) is 11.3. The first-order valence-electron chi connectivity index (χ1n) is 7.17. The number of halogens is 1. The minimum absolute atomic E-state index is 0.202. The third-order valence-corrected chi connectivity index (χ3v) is 3.78. The molecule has 2 aromatic heterocycles. The van der Waals surface area contributed by atoms with E-state index in [1.54, 1.807) is 30.5 Å². The molecule has 2 N–H and O–H groups in total. The van der Waals surface area contributed by atoms with Crippen LogP contribution in [0.1, 0.15) is 5.69 Å². The lowest BCUT2D eigenvalue weighted by molar-refractivity contribution is -0.112. The van der Waals surface area contributed by atoms with Crippen molar-refractivity contribution in [2.45, 2.75) is 0 Å². The van der Waals surface area contributed by atoms with Gasteiger partial charge >= 0.3 is 0 Å². The van der Waals surface area contributed by atoms with Crippen molar-refractivity contribution in [3.63, 3.8) is 0 Å². The molecule has 0 spiro atoms. The highest BCUT2D eigenvalue weighted by atomic mass is 79.9. The summed E-state index contributed by atoms with van der Waals surface area (Å²) in [6, 6.07) is 14.7. The maximum absolute atomic E-state index is 12.5. The third kappa shape index (κ3) is 3.55. The van der Waals surface area contributed by atoms with Gasteiger partial charge in [-0.05, 0) is 46.3 Å². The third-order valence-electron chi connectivity index (χ3n) is 3.34. The van der Waals surface area contributed by atoms with Crippen molar-refractivity contribution >= 4 is 50.7 Å². The molecule has 0 atom stereocenters. The van der Waals surface area contributed by atoms with Gasteiger partial charge in [-0.1, -0.05) is 24.3 Å². The molecule has 118 valence electrons. The number of nitrogens with one attached hydrogen (secondary N) is 2. The molecule has 0 bridgehead atoms. The highest BCUT2D eigenvalue weighted by molar-refractivity contribution is 9.10. The molecular formula is C18H13BrN4O. The van der Waals surface area contributed by atoms with Crippen molar-refractivity contribution in [2.75, 3.05) is 5.32 Å². The Bertz CT molecular complexity index is 947. The highest BCUT2D eigenvalue weighted by Crippen LogP contribution is 2.21. The van der Waals surface area contributed by atoms with Crippen LogP contribution in [-0.2, 0) is 4.79 Å². The molecule has 0 radical (unpaired) electrons. The number of nitrogens with zero attached hydrogens (tertiary/aromatic N) is 2. The Morgan fingerprint density at radius 1 is 1.12 bits per heavy atom. The first-order valence-corrected chi connectivity index (χ1v) is 7.96. The number of aromatic nitrogens is 2. The smallest absolute Gasteiger partial charge is 0.257 e. The highest BCUT2D eigenvalue weighted by Gasteiger charge is 2.10. The van der Waals surface area contributed by atoms with Gasteiger partial charge in [0.05, 0.1) is 22.5 Å². The fraction of sp³-hybridized carbons (Fsp3) is 0. The van der Waals surface area contributed by atoms with Crippen LogP contribution in [0.25, 0.3) is 17.0 Å². The summed E-state index contributed by atoms with van der Waals surface area (Å²) < 4.78 is 0.666. The lowest BCUT2D eigenvalue weighted by atomic mass is 10.1. The van der Waals surface area contributed by atoms with E-state index < -0.39 is 0 Å².